The van der Waals surface area contributed by atoms with Crippen molar-refractivity contribution in [3.05, 3.63) is 78.4 Å². The number of nitrogens with zero attached hydrogens (tertiary/aromatic N) is 5. The molecule has 2 aromatic heterocycles. The summed E-state index contributed by atoms with van der Waals surface area (Å²) >= 11 is 0. The highest BCUT2D eigenvalue weighted by Gasteiger charge is 2.45. The molecule has 2 aliphatic heterocycles. The highest BCUT2D eigenvalue weighted by atomic mass is 35.5. The Morgan fingerprint density at radius 3 is 2.33 bits per heavy atom. The fraction of sp³-hybridized carbons (Fsp3) is 0.344. The van der Waals surface area contributed by atoms with Crippen LogP contribution >= 0.6 is 24.8 Å². The first-order valence-electron chi connectivity index (χ1n) is 14.6. The van der Waals surface area contributed by atoms with Gasteiger partial charge < -0.3 is 15.3 Å². The van der Waals surface area contributed by atoms with Crippen molar-refractivity contribution in [1.29, 1.82) is 0 Å². The van der Waals surface area contributed by atoms with Crippen molar-refractivity contribution in [2.75, 3.05) is 29.9 Å². The molecular weight excluding hydrogens is 644 g/mol. The van der Waals surface area contributed by atoms with Gasteiger partial charge in [-0.2, -0.15) is 13.2 Å². The zero-order chi connectivity index (χ0) is 30.8. The van der Waals surface area contributed by atoms with Crippen LogP contribution in [-0.2, 0) is 11.3 Å². The molecule has 0 unspecified atom stereocenters. The third kappa shape index (κ3) is 7.51. The van der Waals surface area contributed by atoms with E-state index >= 15 is 0 Å². The Balaban J connectivity index is 0.00000240. The smallest absolute Gasteiger partial charge is 0.404 e. The summed E-state index contributed by atoms with van der Waals surface area (Å²) in [7, 11) is 0. The molecule has 0 saturated carbocycles. The Bertz CT molecular complexity index is 1680. The lowest BCUT2D eigenvalue weighted by atomic mass is 9.95. The largest absolute Gasteiger partial charge is 0.481 e. The summed E-state index contributed by atoms with van der Waals surface area (Å²) < 4.78 is 41.5. The first-order chi connectivity index (χ1) is 21.2. The summed E-state index contributed by atoms with van der Waals surface area (Å²) in [6.07, 6.45) is 1.59. The second kappa shape index (κ2) is 14.6. The summed E-state index contributed by atoms with van der Waals surface area (Å²) in [4.78, 5) is 40.8. The Morgan fingerprint density at radius 2 is 1.63 bits per heavy atom. The highest BCUT2D eigenvalue weighted by Crippen LogP contribution is 2.37. The summed E-state index contributed by atoms with van der Waals surface area (Å²) in [6, 6.07) is 13.7. The Labute approximate surface area is 276 Å². The number of anilines is 2. The van der Waals surface area contributed by atoms with Crippen molar-refractivity contribution in [1.82, 2.24) is 19.9 Å². The number of likely N-dealkylation sites (tertiary alicyclic amines) is 1. The molecule has 2 N–H and O–H groups in total. The summed E-state index contributed by atoms with van der Waals surface area (Å²) in [5.74, 6) is -0.989. The molecule has 2 fully saturated rings. The van der Waals surface area contributed by atoms with E-state index in [-0.39, 0.29) is 55.2 Å². The number of piperidine rings is 1. The summed E-state index contributed by atoms with van der Waals surface area (Å²) in [6.45, 7) is 1.42. The van der Waals surface area contributed by atoms with Crippen LogP contribution in [0, 0.1) is 5.92 Å². The van der Waals surface area contributed by atoms with Crippen molar-refractivity contribution in [2.24, 2.45) is 5.92 Å². The number of rotatable bonds is 7. The molecule has 2 aliphatic rings. The average molecular weight is 678 g/mol. The van der Waals surface area contributed by atoms with Gasteiger partial charge in [0.25, 0.3) is 5.91 Å². The average Bonchev–Trinajstić information content (AvgIpc) is 3.50. The molecule has 0 spiro atoms. The topological polar surface area (TPSA) is 112 Å². The lowest BCUT2D eigenvalue weighted by Crippen LogP contribution is -2.40. The SMILES string of the molecule is Cl.Cl.O=C(Nc1cc(CN2CCC[C@H]2C(F)(F)F)c(-c2cccc3ccccc23)cn1)c1cnc(N2CCC(C(=O)O)CC2)cn1. The number of aliphatic carboxylic acids is 1. The van der Waals surface area contributed by atoms with Gasteiger partial charge in [-0.15, -0.1) is 24.8 Å². The minimum Gasteiger partial charge on any atom is -0.481 e. The molecule has 244 valence electrons. The van der Waals surface area contributed by atoms with E-state index in [2.05, 4.69) is 20.3 Å². The normalized spacial score (nSPS) is 17.3. The molecule has 4 aromatic rings. The lowest BCUT2D eigenvalue weighted by Gasteiger charge is -2.30. The Kier molecular flexibility index (Phi) is 11.1. The Morgan fingerprint density at radius 1 is 0.891 bits per heavy atom. The monoisotopic (exact) mass is 676 g/mol. The van der Waals surface area contributed by atoms with Crippen molar-refractivity contribution in [2.45, 2.75) is 44.4 Å². The van der Waals surface area contributed by atoms with E-state index < -0.39 is 24.1 Å². The number of hydrogen-bond donors (Lipinski definition) is 2. The van der Waals surface area contributed by atoms with Crippen molar-refractivity contribution in [3.63, 3.8) is 0 Å². The number of aromatic nitrogens is 3. The number of alkyl halides is 3. The number of hydrogen-bond acceptors (Lipinski definition) is 7. The van der Waals surface area contributed by atoms with Gasteiger partial charge in [-0.25, -0.2) is 15.0 Å². The molecule has 2 saturated heterocycles. The number of benzene rings is 2. The number of halogens is 5. The van der Waals surface area contributed by atoms with Crippen LogP contribution in [0.5, 0.6) is 0 Å². The van der Waals surface area contributed by atoms with E-state index in [1.807, 2.05) is 47.4 Å². The van der Waals surface area contributed by atoms with E-state index in [1.165, 1.54) is 17.3 Å². The molecule has 2 aromatic carbocycles. The van der Waals surface area contributed by atoms with Crippen molar-refractivity contribution >= 4 is 59.1 Å². The molecule has 9 nitrogen and oxygen atoms in total. The molecule has 14 heteroatoms. The second-order valence-corrected chi connectivity index (χ2v) is 11.2. The van der Waals surface area contributed by atoms with Gasteiger partial charge in [0, 0.05) is 31.4 Å². The Hall–Kier alpha value is -4.00. The van der Waals surface area contributed by atoms with Gasteiger partial charge in [0.1, 0.15) is 23.4 Å². The first kappa shape index (κ1) is 34.9. The number of fused-ring (bicyclic) bond motifs is 1. The van der Waals surface area contributed by atoms with Crippen LogP contribution in [0.25, 0.3) is 21.9 Å². The zero-order valence-electron chi connectivity index (χ0n) is 24.6. The minimum absolute atomic E-state index is 0. The van der Waals surface area contributed by atoms with Gasteiger partial charge in [-0.05, 0) is 60.2 Å². The lowest BCUT2D eigenvalue weighted by molar-refractivity contribution is -0.177. The van der Waals surface area contributed by atoms with Crippen molar-refractivity contribution < 1.29 is 27.9 Å². The number of nitrogens with one attached hydrogen (secondary N) is 1. The third-order valence-electron chi connectivity index (χ3n) is 8.47. The van der Waals surface area contributed by atoms with Gasteiger partial charge in [-0.3, -0.25) is 14.5 Å². The number of carbonyl (C=O) groups is 2. The maximum Gasteiger partial charge on any atom is 0.404 e. The molecule has 0 radical (unpaired) electrons. The van der Waals surface area contributed by atoms with Gasteiger partial charge >= 0.3 is 12.1 Å². The van der Waals surface area contributed by atoms with Crippen LogP contribution < -0.4 is 10.2 Å². The number of carboxylic acid groups (broad SMARTS) is 1. The maximum absolute atomic E-state index is 13.8. The molecule has 1 atom stereocenters. The molecule has 0 aliphatic carbocycles. The number of pyridine rings is 1. The predicted molar refractivity (Wildman–Crippen MR) is 174 cm³/mol. The predicted octanol–water partition coefficient (Wildman–Crippen LogP) is 6.62. The van der Waals surface area contributed by atoms with Crippen LogP contribution in [0.4, 0.5) is 24.8 Å². The van der Waals surface area contributed by atoms with Gasteiger partial charge in [0.15, 0.2) is 0 Å². The third-order valence-corrected chi connectivity index (χ3v) is 8.47. The molecule has 4 heterocycles. The van der Waals surface area contributed by atoms with E-state index in [9.17, 15) is 27.9 Å². The van der Waals surface area contributed by atoms with Crippen LogP contribution in [-0.4, -0.2) is 68.7 Å². The van der Waals surface area contributed by atoms with Crippen LogP contribution in [0.3, 0.4) is 0 Å². The highest BCUT2D eigenvalue weighted by molar-refractivity contribution is 6.02. The quantitative estimate of drug-likeness (QED) is 0.225. The van der Waals surface area contributed by atoms with Gasteiger partial charge in [-0.1, -0.05) is 42.5 Å². The molecule has 1 amide bonds. The van der Waals surface area contributed by atoms with Gasteiger partial charge in [0.2, 0.25) is 0 Å². The van der Waals surface area contributed by atoms with E-state index in [4.69, 9.17) is 0 Å². The zero-order valence-corrected chi connectivity index (χ0v) is 26.2. The van der Waals surface area contributed by atoms with Crippen LogP contribution in [0.2, 0.25) is 0 Å². The van der Waals surface area contributed by atoms with Crippen molar-refractivity contribution in [3.8, 4) is 11.1 Å². The molecule has 0 bridgehead atoms. The number of amides is 1. The first-order valence-corrected chi connectivity index (χ1v) is 14.6. The fourth-order valence-corrected chi connectivity index (χ4v) is 6.14. The maximum atomic E-state index is 13.8. The van der Waals surface area contributed by atoms with Crippen LogP contribution in [0.15, 0.2) is 67.1 Å². The molecular formula is C32H33Cl2F3N6O3. The fourth-order valence-electron chi connectivity index (χ4n) is 6.14. The standard InChI is InChI=1S/C32H31F3N6O3.2ClH/c33-32(34,35)27-9-4-12-41(27)19-22-15-28(37-16-25(22)24-8-3-6-20-5-1-2-7-23(20)24)39-30(42)26-17-38-29(18-36-26)40-13-10-21(11-14-40)31(43)44;;/h1-3,5-8,15-18,21,27H,4,9-14,19H2,(H,43,44)(H,37,39,42);2*1H/t27-;;/m0../s1. The summed E-state index contributed by atoms with van der Waals surface area (Å²) in [5, 5.41) is 13.9. The van der Waals surface area contributed by atoms with Gasteiger partial charge in [0.05, 0.1) is 18.3 Å². The molecule has 6 rings (SSSR count). The summed E-state index contributed by atoms with van der Waals surface area (Å²) in [5.41, 5.74) is 2.21. The molecule has 46 heavy (non-hydrogen) atoms. The number of carboxylic acids is 1. The van der Waals surface area contributed by atoms with E-state index in [0.29, 0.717) is 55.8 Å². The van der Waals surface area contributed by atoms with Crippen LogP contribution in [0.1, 0.15) is 41.7 Å². The second-order valence-electron chi connectivity index (χ2n) is 11.2. The number of carbonyl (C=O) groups excluding carboxylic acids is 1. The van der Waals surface area contributed by atoms with E-state index in [1.54, 1.807) is 12.3 Å². The van der Waals surface area contributed by atoms with E-state index in [0.717, 1.165) is 16.3 Å². The minimum atomic E-state index is -4.34.